The molecule has 1 fully saturated rings. The van der Waals surface area contributed by atoms with Crippen LogP contribution in [0.2, 0.25) is 0 Å². The van der Waals surface area contributed by atoms with Crippen molar-refractivity contribution in [1.82, 2.24) is 9.13 Å². The predicted octanol–water partition coefficient (Wildman–Crippen LogP) is -0.763. The van der Waals surface area contributed by atoms with Crippen LogP contribution in [0.15, 0.2) is 46.1 Å². The highest BCUT2D eigenvalue weighted by atomic mass is 31.3. The molecule has 17 heteroatoms. The van der Waals surface area contributed by atoms with E-state index in [1.165, 1.54) is 18.2 Å². The van der Waals surface area contributed by atoms with Gasteiger partial charge in [0.15, 0.2) is 6.23 Å². The lowest BCUT2D eigenvalue weighted by Crippen LogP contribution is -2.43. The Bertz CT molecular complexity index is 1240. The van der Waals surface area contributed by atoms with Crippen LogP contribution in [0.1, 0.15) is 11.8 Å². The number of benzene rings is 1. The van der Waals surface area contributed by atoms with E-state index in [1.54, 1.807) is 6.07 Å². The van der Waals surface area contributed by atoms with Gasteiger partial charge in [-0.3, -0.25) is 18.5 Å². The third-order valence-corrected chi connectivity index (χ3v) is 7.03. The van der Waals surface area contributed by atoms with Crippen LogP contribution in [0.25, 0.3) is 0 Å². The van der Waals surface area contributed by atoms with Crippen LogP contribution in [0.5, 0.6) is 0 Å². The fourth-order valence-corrected chi connectivity index (χ4v) is 4.89. The molecule has 0 bridgehead atoms. The molecule has 5 N–H and O–H groups in total. The van der Waals surface area contributed by atoms with Crippen molar-refractivity contribution in [3.05, 3.63) is 68.7 Å². The second-order valence-corrected chi connectivity index (χ2v) is 10.0. The van der Waals surface area contributed by atoms with E-state index in [0.717, 1.165) is 21.4 Å². The Morgan fingerprint density at radius 2 is 1.74 bits per heavy atom. The van der Waals surface area contributed by atoms with E-state index < -0.39 is 63.9 Å². The molecular weight excluding hydrogens is 505 g/mol. The fourth-order valence-electron chi connectivity index (χ4n) is 3.29. The normalized spacial score (nSPS) is 24.8. The number of aliphatic hydroxyl groups is 2. The highest BCUT2D eigenvalue weighted by molar-refractivity contribution is 7.60. The topological polar surface area (TPSA) is 207 Å². The molecule has 14 nitrogen and oxygen atoms in total. The van der Waals surface area contributed by atoms with Gasteiger partial charge in [0.25, 0.3) is 5.56 Å². The number of ether oxygens (including phenoxy) is 1. The van der Waals surface area contributed by atoms with Crippen molar-refractivity contribution < 1.29 is 52.0 Å². The Kier molecular flexibility index (Phi) is 8.05. The standard InChI is InChI=1S/C17H21FN2O12P2/c18-11-4-2-1-3-10(11)5-7-19-13(21)6-8-20(17(19)24)16-15(23)14(22)12(31-16)9-30-34(28,29)32-33(25,26)27/h1-4,6,8,12,14-16,22-23H,5,7,9H2,(H,28,29)(H2,25,26,27)/t12-,14+,15?,16-/m1/s1. The Hall–Kier alpha value is -2.03. The molecule has 0 aliphatic carbocycles. The van der Waals surface area contributed by atoms with E-state index in [2.05, 4.69) is 8.83 Å². The summed E-state index contributed by atoms with van der Waals surface area (Å²) in [5.74, 6) is -0.517. The first-order valence-corrected chi connectivity index (χ1v) is 12.6. The molecule has 188 valence electrons. The first kappa shape index (κ1) is 26.6. The molecule has 1 aliphatic heterocycles. The summed E-state index contributed by atoms with van der Waals surface area (Å²) in [6.45, 7) is -1.16. The van der Waals surface area contributed by atoms with Crippen molar-refractivity contribution in [2.45, 2.75) is 37.5 Å². The van der Waals surface area contributed by atoms with Crippen LogP contribution >= 0.6 is 15.6 Å². The van der Waals surface area contributed by atoms with Crippen LogP contribution in [0.4, 0.5) is 4.39 Å². The third kappa shape index (κ3) is 6.34. The number of halogens is 1. The van der Waals surface area contributed by atoms with Gasteiger partial charge in [-0.1, -0.05) is 18.2 Å². The minimum Gasteiger partial charge on any atom is -0.387 e. The summed E-state index contributed by atoms with van der Waals surface area (Å²) in [5, 5.41) is 20.5. The number of phosphoric acid groups is 2. The van der Waals surface area contributed by atoms with Crippen LogP contribution in [0, 0.1) is 5.82 Å². The van der Waals surface area contributed by atoms with Crippen molar-refractivity contribution in [3.63, 3.8) is 0 Å². The number of phosphoric ester groups is 1. The van der Waals surface area contributed by atoms with Crippen molar-refractivity contribution in [3.8, 4) is 0 Å². The molecule has 2 unspecified atom stereocenters. The molecule has 1 aromatic carbocycles. The lowest BCUT2D eigenvalue weighted by atomic mass is 10.1. The largest absolute Gasteiger partial charge is 0.481 e. The number of rotatable bonds is 9. The zero-order valence-electron chi connectivity index (χ0n) is 17.2. The predicted molar refractivity (Wildman–Crippen MR) is 110 cm³/mol. The van der Waals surface area contributed by atoms with Gasteiger partial charge in [0.05, 0.1) is 6.61 Å². The maximum absolute atomic E-state index is 13.8. The van der Waals surface area contributed by atoms with Crippen LogP contribution in [-0.4, -0.2) is 58.9 Å². The van der Waals surface area contributed by atoms with Crippen molar-refractivity contribution in [1.29, 1.82) is 0 Å². The first-order valence-electron chi connectivity index (χ1n) is 9.60. The van der Waals surface area contributed by atoms with Crippen LogP contribution in [-0.2, 0) is 35.7 Å². The minimum atomic E-state index is -5.38. The van der Waals surface area contributed by atoms with Crippen LogP contribution in [0.3, 0.4) is 0 Å². The lowest BCUT2D eigenvalue weighted by Gasteiger charge is -2.19. The summed E-state index contributed by atoms with van der Waals surface area (Å²) in [6, 6.07) is 6.78. The smallest absolute Gasteiger partial charge is 0.387 e. The van der Waals surface area contributed by atoms with E-state index >= 15 is 0 Å². The Balaban J connectivity index is 1.76. The maximum atomic E-state index is 13.8. The molecular formula is C17H21FN2O12P2. The number of hydrogen-bond acceptors (Lipinski definition) is 9. The molecule has 1 aliphatic rings. The van der Waals surface area contributed by atoms with E-state index in [-0.39, 0.29) is 18.5 Å². The van der Waals surface area contributed by atoms with Gasteiger partial charge in [0, 0.05) is 18.8 Å². The SMILES string of the molecule is O=c1ccn([C@@H]2O[C@H](COP(=O)(O)OP(=O)(O)O)[C@H](O)C2O)c(=O)n1CCc1ccccc1F. The van der Waals surface area contributed by atoms with Crippen molar-refractivity contribution in [2.75, 3.05) is 6.61 Å². The van der Waals surface area contributed by atoms with Crippen LogP contribution < -0.4 is 11.2 Å². The molecule has 0 radical (unpaired) electrons. The number of aryl methyl sites for hydroxylation is 1. The van der Waals surface area contributed by atoms with E-state index in [1.807, 2.05) is 0 Å². The van der Waals surface area contributed by atoms with E-state index in [9.17, 15) is 38.2 Å². The molecule has 1 aromatic heterocycles. The van der Waals surface area contributed by atoms with Gasteiger partial charge in [-0.2, -0.15) is 4.31 Å². The summed E-state index contributed by atoms with van der Waals surface area (Å²) in [6.07, 6.45) is -5.59. The molecule has 2 aromatic rings. The molecule has 0 spiro atoms. The zero-order valence-corrected chi connectivity index (χ0v) is 18.9. The number of aromatic nitrogens is 2. The Morgan fingerprint density at radius 1 is 1.06 bits per heavy atom. The number of nitrogens with zero attached hydrogens (tertiary/aromatic N) is 2. The number of aliphatic hydroxyl groups excluding tert-OH is 2. The summed E-state index contributed by atoms with van der Waals surface area (Å²) < 4.78 is 51.0. The lowest BCUT2D eigenvalue weighted by molar-refractivity contribution is -0.0548. The molecule has 1 saturated heterocycles. The molecule has 34 heavy (non-hydrogen) atoms. The van der Waals surface area contributed by atoms with E-state index in [4.69, 9.17) is 14.5 Å². The monoisotopic (exact) mass is 526 g/mol. The van der Waals surface area contributed by atoms with Crippen molar-refractivity contribution in [2.24, 2.45) is 0 Å². The zero-order chi connectivity index (χ0) is 25.3. The molecule has 3 rings (SSSR count). The average Bonchev–Trinajstić information content (AvgIpc) is 3.00. The molecule has 0 amide bonds. The Labute approximate surface area is 190 Å². The van der Waals surface area contributed by atoms with Gasteiger partial charge >= 0.3 is 21.3 Å². The molecule has 5 atom stereocenters. The maximum Gasteiger partial charge on any atom is 0.481 e. The highest BCUT2D eigenvalue weighted by Gasteiger charge is 2.46. The van der Waals surface area contributed by atoms with Gasteiger partial charge in [0.1, 0.15) is 24.1 Å². The summed E-state index contributed by atoms with van der Waals surface area (Å²) in [7, 11) is -10.6. The quantitative estimate of drug-likeness (QED) is 0.256. The van der Waals surface area contributed by atoms with Gasteiger partial charge in [-0.25, -0.2) is 18.3 Å². The average molecular weight is 526 g/mol. The highest BCUT2D eigenvalue weighted by Crippen LogP contribution is 2.57. The van der Waals surface area contributed by atoms with E-state index in [0.29, 0.717) is 0 Å². The van der Waals surface area contributed by atoms with Gasteiger partial charge < -0.3 is 29.6 Å². The summed E-state index contributed by atoms with van der Waals surface area (Å²) in [4.78, 5) is 51.6. The van der Waals surface area contributed by atoms with Gasteiger partial charge in [-0.05, 0) is 18.1 Å². The summed E-state index contributed by atoms with van der Waals surface area (Å²) in [5.41, 5.74) is -1.39. The summed E-state index contributed by atoms with van der Waals surface area (Å²) >= 11 is 0. The second-order valence-electron chi connectivity index (χ2n) is 7.22. The number of hydrogen-bond donors (Lipinski definition) is 5. The first-order chi connectivity index (χ1) is 15.8. The Morgan fingerprint density at radius 3 is 2.38 bits per heavy atom. The van der Waals surface area contributed by atoms with Gasteiger partial charge in [-0.15, -0.1) is 0 Å². The fraction of sp³-hybridized carbons (Fsp3) is 0.412. The molecule has 0 saturated carbocycles. The third-order valence-electron chi connectivity index (χ3n) is 4.88. The second kappa shape index (κ2) is 10.3. The van der Waals surface area contributed by atoms with Crippen molar-refractivity contribution >= 4 is 15.6 Å². The van der Waals surface area contributed by atoms with Gasteiger partial charge in [0.2, 0.25) is 0 Å². The minimum absolute atomic E-state index is 0.00432. The molecule has 2 heterocycles.